The first-order chi connectivity index (χ1) is 9.97. The molecule has 0 bridgehead atoms. The summed E-state index contributed by atoms with van der Waals surface area (Å²) >= 11 is 0. The van der Waals surface area contributed by atoms with Crippen LogP contribution in [-0.4, -0.2) is 17.0 Å². The summed E-state index contributed by atoms with van der Waals surface area (Å²) in [6.07, 6.45) is 1.99. The molecule has 1 aromatic rings. The molecule has 2 saturated carbocycles. The normalized spacial score (nSPS) is 25.2. The SMILES string of the molecule is O=C(N[C@@H](c1cc(F)ccc1F)C1CC1)[C@H]1C[C@H]1C(=O)O. The zero-order valence-corrected chi connectivity index (χ0v) is 11.2. The van der Waals surface area contributed by atoms with Crippen molar-refractivity contribution >= 4 is 11.9 Å². The third kappa shape index (κ3) is 2.89. The van der Waals surface area contributed by atoms with Crippen molar-refractivity contribution in [1.82, 2.24) is 5.32 Å². The van der Waals surface area contributed by atoms with Crippen LogP contribution in [0.5, 0.6) is 0 Å². The van der Waals surface area contributed by atoms with Crippen LogP contribution in [0.3, 0.4) is 0 Å². The zero-order valence-electron chi connectivity index (χ0n) is 11.2. The third-order valence-electron chi connectivity index (χ3n) is 4.13. The van der Waals surface area contributed by atoms with E-state index < -0.39 is 35.5 Å². The van der Waals surface area contributed by atoms with Crippen LogP contribution in [0.2, 0.25) is 0 Å². The van der Waals surface area contributed by atoms with E-state index in [0.717, 1.165) is 31.0 Å². The van der Waals surface area contributed by atoms with Crippen molar-refractivity contribution in [2.75, 3.05) is 0 Å². The predicted molar refractivity (Wildman–Crippen MR) is 69.2 cm³/mol. The molecule has 2 aliphatic rings. The van der Waals surface area contributed by atoms with Gasteiger partial charge in [-0.15, -0.1) is 0 Å². The van der Waals surface area contributed by atoms with E-state index in [-0.39, 0.29) is 17.4 Å². The number of carbonyl (C=O) groups is 2. The second-order valence-electron chi connectivity index (χ2n) is 5.78. The predicted octanol–water partition coefficient (Wildman–Crippen LogP) is 2.25. The van der Waals surface area contributed by atoms with Crippen molar-refractivity contribution in [2.45, 2.75) is 25.3 Å². The van der Waals surface area contributed by atoms with E-state index >= 15 is 0 Å². The first kappa shape index (κ1) is 14.0. The number of carboxylic acids is 1. The van der Waals surface area contributed by atoms with Gasteiger partial charge in [0, 0.05) is 5.56 Å². The summed E-state index contributed by atoms with van der Waals surface area (Å²) in [6, 6.07) is 2.60. The van der Waals surface area contributed by atoms with E-state index in [1.165, 1.54) is 0 Å². The molecule has 3 rings (SSSR count). The van der Waals surface area contributed by atoms with Crippen LogP contribution < -0.4 is 5.32 Å². The lowest BCUT2D eigenvalue weighted by atomic mass is 10.0. The van der Waals surface area contributed by atoms with Gasteiger partial charge in [0.1, 0.15) is 11.6 Å². The van der Waals surface area contributed by atoms with Gasteiger partial charge in [-0.2, -0.15) is 0 Å². The maximum absolute atomic E-state index is 13.9. The Kier molecular flexibility index (Phi) is 3.39. The Bertz CT molecular complexity index is 601. The van der Waals surface area contributed by atoms with Crippen LogP contribution in [0.4, 0.5) is 8.78 Å². The number of hydrogen-bond acceptors (Lipinski definition) is 2. The molecular formula is C15H15F2NO3. The van der Waals surface area contributed by atoms with Gasteiger partial charge in [0.05, 0.1) is 17.9 Å². The second kappa shape index (κ2) is 5.09. The lowest BCUT2D eigenvalue weighted by Gasteiger charge is -2.19. The number of carbonyl (C=O) groups excluding carboxylic acids is 1. The minimum absolute atomic E-state index is 0.0901. The number of halogens is 2. The van der Waals surface area contributed by atoms with E-state index in [2.05, 4.69) is 5.32 Å². The van der Waals surface area contributed by atoms with Gasteiger partial charge in [-0.25, -0.2) is 8.78 Å². The van der Waals surface area contributed by atoms with Crippen molar-refractivity contribution < 1.29 is 23.5 Å². The summed E-state index contributed by atoms with van der Waals surface area (Å²) in [7, 11) is 0. The summed E-state index contributed by atoms with van der Waals surface area (Å²) in [5.74, 6) is -3.60. The lowest BCUT2D eigenvalue weighted by Crippen LogP contribution is -2.32. The standard InChI is InChI=1S/C15H15F2NO3/c16-8-3-4-12(17)11(5-8)13(7-1-2-7)18-14(19)9-6-10(9)15(20)21/h3-5,7,9-10,13H,1-2,6H2,(H,18,19)(H,20,21)/t9-,10+,13+/m0/s1. The maximum atomic E-state index is 13.9. The van der Waals surface area contributed by atoms with E-state index in [0.29, 0.717) is 6.42 Å². The summed E-state index contributed by atoms with van der Waals surface area (Å²) < 4.78 is 27.2. The molecular weight excluding hydrogens is 280 g/mol. The summed E-state index contributed by atoms with van der Waals surface area (Å²) in [6.45, 7) is 0. The van der Waals surface area contributed by atoms with Crippen LogP contribution >= 0.6 is 0 Å². The molecule has 6 heteroatoms. The quantitative estimate of drug-likeness (QED) is 0.875. The molecule has 2 N–H and O–H groups in total. The minimum Gasteiger partial charge on any atom is -0.481 e. The van der Waals surface area contributed by atoms with Gasteiger partial charge in [0.15, 0.2) is 0 Å². The summed E-state index contributed by atoms with van der Waals surface area (Å²) in [5, 5.41) is 11.5. The molecule has 0 heterocycles. The number of carboxylic acid groups (broad SMARTS) is 1. The molecule has 4 nitrogen and oxygen atoms in total. The highest BCUT2D eigenvalue weighted by atomic mass is 19.1. The summed E-state index contributed by atoms with van der Waals surface area (Å²) in [4.78, 5) is 22.8. The van der Waals surface area contributed by atoms with Gasteiger partial charge in [-0.3, -0.25) is 9.59 Å². The topological polar surface area (TPSA) is 66.4 Å². The third-order valence-corrected chi connectivity index (χ3v) is 4.13. The van der Waals surface area contributed by atoms with Crippen LogP contribution in [0.25, 0.3) is 0 Å². The molecule has 21 heavy (non-hydrogen) atoms. The van der Waals surface area contributed by atoms with Gasteiger partial charge in [-0.1, -0.05) is 0 Å². The second-order valence-corrected chi connectivity index (χ2v) is 5.78. The number of aliphatic carboxylic acids is 1. The van der Waals surface area contributed by atoms with Crippen LogP contribution in [0.15, 0.2) is 18.2 Å². The Hall–Kier alpha value is -1.98. The molecule has 2 aliphatic carbocycles. The maximum Gasteiger partial charge on any atom is 0.307 e. The molecule has 2 fully saturated rings. The van der Waals surface area contributed by atoms with Gasteiger partial charge in [0.2, 0.25) is 5.91 Å². The Labute approximate surface area is 120 Å². The van der Waals surface area contributed by atoms with Crippen molar-refractivity contribution in [2.24, 2.45) is 17.8 Å². The molecule has 3 atom stereocenters. The van der Waals surface area contributed by atoms with Crippen molar-refractivity contribution in [3.8, 4) is 0 Å². The van der Waals surface area contributed by atoms with E-state index in [1.54, 1.807) is 0 Å². The minimum atomic E-state index is -0.991. The fraction of sp³-hybridized carbons (Fsp3) is 0.467. The number of amides is 1. The molecule has 0 spiro atoms. The first-order valence-electron chi connectivity index (χ1n) is 6.95. The monoisotopic (exact) mass is 295 g/mol. The van der Waals surface area contributed by atoms with Gasteiger partial charge >= 0.3 is 5.97 Å². The Morgan fingerprint density at radius 3 is 2.52 bits per heavy atom. The number of hydrogen-bond donors (Lipinski definition) is 2. The zero-order chi connectivity index (χ0) is 15.1. The van der Waals surface area contributed by atoms with Crippen molar-refractivity contribution in [3.05, 3.63) is 35.4 Å². The largest absolute Gasteiger partial charge is 0.481 e. The van der Waals surface area contributed by atoms with Crippen molar-refractivity contribution in [3.63, 3.8) is 0 Å². The van der Waals surface area contributed by atoms with Gasteiger partial charge < -0.3 is 10.4 Å². The Morgan fingerprint density at radius 2 is 1.95 bits per heavy atom. The molecule has 0 saturated heterocycles. The first-order valence-corrected chi connectivity index (χ1v) is 6.95. The summed E-state index contributed by atoms with van der Waals surface area (Å²) in [5.41, 5.74) is 0.137. The van der Waals surface area contributed by atoms with Crippen LogP contribution in [-0.2, 0) is 9.59 Å². The molecule has 0 aromatic heterocycles. The average Bonchev–Trinajstić information content (AvgIpc) is 3.29. The van der Waals surface area contributed by atoms with E-state index in [4.69, 9.17) is 5.11 Å². The molecule has 0 unspecified atom stereocenters. The van der Waals surface area contributed by atoms with Crippen LogP contribution in [0.1, 0.15) is 30.9 Å². The van der Waals surface area contributed by atoms with Crippen molar-refractivity contribution in [1.29, 1.82) is 0 Å². The fourth-order valence-electron chi connectivity index (χ4n) is 2.65. The van der Waals surface area contributed by atoms with Crippen LogP contribution in [0, 0.1) is 29.4 Å². The Morgan fingerprint density at radius 1 is 1.24 bits per heavy atom. The van der Waals surface area contributed by atoms with Gasteiger partial charge in [-0.05, 0) is 43.4 Å². The molecule has 0 radical (unpaired) electrons. The Balaban J connectivity index is 1.75. The molecule has 1 amide bonds. The van der Waals surface area contributed by atoms with E-state index in [9.17, 15) is 18.4 Å². The number of rotatable bonds is 5. The average molecular weight is 295 g/mol. The number of benzene rings is 1. The number of nitrogens with one attached hydrogen (secondary N) is 1. The lowest BCUT2D eigenvalue weighted by molar-refractivity contribution is -0.140. The van der Waals surface area contributed by atoms with E-state index in [1.807, 2.05) is 0 Å². The highest BCUT2D eigenvalue weighted by molar-refractivity contribution is 5.89. The molecule has 0 aliphatic heterocycles. The fourth-order valence-corrected chi connectivity index (χ4v) is 2.65. The molecule has 112 valence electrons. The highest BCUT2D eigenvalue weighted by Gasteiger charge is 2.49. The smallest absolute Gasteiger partial charge is 0.307 e. The van der Waals surface area contributed by atoms with Gasteiger partial charge in [0.25, 0.3) is 0 Å². The molecule has 1 aromatic carbocycles. The highest BCUT2D eigenvalue weighted by Crippen LogP contribution is 2.44.